The molecule has 2 heterocycles. The number of halogens is 8. The molecule has 2 saturated carbocycles. The molecule has 3 aliphatic rings. The fourth-order valence-electron chi connectivity index (χ4n) is 7.42. The zero-order valence-electron chi connectivity index (χ0n) is 30.5. The summed E-state index contributed by atoms with van der Waals surface area (Å²) >= 11 is 0. The van der Waals surface area contributed by atoms with Crippen LogP contribution in [0.1, 0.15) is 55.2 Å². The number of rotatable bonds is 11. The molecule has 0 radical (unpaired) electrons. The Morgan fingerprint density at radius 1 is 1.07 bits per heavy atom. The Bertz CT molecular complexity index is 2140. The predicted octanol–water partition coefficient (Wildman–Crippen LogP) is 7.07. The highest BCUT2D eigenvalue weighted by molar-refractivity contribution is 6.14. The lowest BCUT2D eigenvalue weighted by Crippen LogP contribution is -2.38. The van der Waals surface area contributed by atoms with Crippen molar-refractivity contribution in [2.24, 2.45) is 27.7 Å². The minimum atomic E-state index is -3.60. The molecule has 0 spiro atoms. The van der Waals surface area contributed by atoms with Gasteiger partial charge in [-0.2, -0.15) is 8.78 Å². The number of benzene rings is 2. The lowest BCUT2D eigenvalue weighted by molar-refractivity contribution is -0.120. The molecule has 3 aromatic rings. The number of carbonyl (C=O) groups is 1. The third-order valence-electron chi connectivity index (χ3n) is 9.90. The molecule has 1 aromatic heterocycles. The second-order valence-corrected chi connectivity index (χ2v) is 14.7. The average molecular weight is 787 g/mol. The number of aliphatic imine (C=N–C) groups is 2. The molecule has 6 rings (SSSR count). The van der Waals surface area contributed by atoms with Gasteiger partial charge in [0.2, 0.25) is 5.91 Å². The molecule has 2 fully saturated rings. The van der Waals surface area contributed by atoms with Crippen LogP contribution < -0.4 is 10.2 Å². The molecule has 1 aliphatic heterocycles. The highest BCUT2D eigenvalue weighted by atomic mass is 19.3. The summed E-state index contributed by atoms with van der Waals surface area (Å²) in [6, 6.07) is 9.79. The average Bonchev–Trinajstić information content (AvgIpc) is 3.88. The number of pyridine rings is 1. The maximum atomic E-state index is 15.2. The zero-order valence-corrected chi connectivity index (χ0v) is 30.5. The number of nitrogens with zero attached hydrogens (tertiary/aromatic N) is 4. The van der Waals surface area contributed by atoms with Gasteiger partial charge in [0.15, 0.2) is 0 Å². The van der Waals surface area contributed by atoms with E-state index in [0.717, 1.165) is 12.1 Å². The monoisotopic (exact) mass is 786 g/mol. The van der Waals surface area contributed by atoms with Gasteiger partial charge in [0.25, 0.3) is 18.8 Å². The fourth-order valence-corrected chi connectivity index (χ4v) is 7.42. The van der Waals surface area contributed by atoms with Crippen molar-refractivity contribution in [1.82, 2.24) is 10.3 Å². The van der Waals surface area contributed by atoms with Gasteiger partial charge in [-0.05, 0) is 68.4 Å². The number of nitrogens with one attached hydrogen (secondary N) is 2. The van der Waals surface area contributed by atoms with Gasteiger partial charge in [0.1, 0.15) is 36.0 Å². The Balaban J connectivity index is 1.47. The summed E-state index contributed by atoms with van der Waals surface area (Å²) in [5, 5.41) is 20.8. The number of alkyl halides is 6. The van der Waals surface area contributed by atoms with E-state index in [9.17, 15) is 36.2 Å². The molecule has 2 aliphatic carbocycles. The number of anilines is 1. The summed E-state index contributed by atoms with van der Waals surface area (Å²) < 4.78 is 113. The zero-order chi connectivity index (χ0) is 40.7. The number of carbonyl (C=O) groups excluding carboxylic acids is 1. The van der Waals surface area contributed by atoms with Crippen molar-refractivity contribution in [3.05, 3.63) is 82.7 Å². The molecule has 296 valence electrons. The van der Waals surface area contributed by atoms with E-state index < -0.39 is 90.2 Å². The number of aromatic nitrogens is 1. The summed E-state index contributed by atoms with van der Waals surface area (Å²) in [5.74, 6) is -4.75. The summed E-state index contributed by atoms with van der Waals surface area (Å²) in [5.41, 5.74) is -0.825. The summed E-state index contributed by atoms with van der Waals surface area (Å²) in [4.78, 5) is 28.3. The van der Waals surface area contributed by atoms with Gasteiger partial charge >= 0.3 is 0 Å². The molecule has 0 bridgehead atoms. The smallest absolute Gasteiger partial charge is 0.289 e. The Kier molecular flexibility index (Phi) is 11.4. The molecule has 3 N–H and O–H groups in total. The first-order chi connectivity index (χ1) is 26.3. The largest absolute Gasteiger partial charge is 0.378 e. The number of amides is 1. The Hall–Kier alpha value is -5.17. The van der Waals surface area contributed by atoms with Crippen LogP contribution in [0.2, 0.25) is 0 Å². The molecule has 4 unspecified atom stereocenters. The molecule has 8 nitrogen and oxygen atoms in total. The van der Waals surface area contributed by atoms with Crippen molar-refractivity contribution in [3.63, 3.8) is 0 Å². The Labute approximate surface area is 317 Å². The number of para-hydroxylation sites is 1. The summed E-state index contributed by atoms with van der Waals surface area (Å²) in [7, 11) is 1.79. The molecule has 2 aromatic carbocycles. The SMILES string of the molecule is CN1CCC(=NCC(F)F)c2cccc(-c3ccc(C#CC(C)(C)O)nc3C(Cc3cc(F)cc(F)c3)NC(=O)CN=C3C(C(=N)C(F)F)C4CC4C3(F)F)c21. The third-order valence-corrected chi connectivity index (χ3v) is 9.90. The van der Waals surface area contributed by atoms with E-state index in [1.807, 2.05) is 4.90 Å². The predicted molar refractivity (Wildman–Crippen MR) is 195 cm³/mol. The van der Waals surface area contributed by atoms with E-state index in [-0.39, 0.29) is 29.8 Å². The van der Waals surface area contributed by atoms with Crippen molar-refractivity contribution in [1.29, 1.82) is 5.41 Å². The maximum Gasteiger partial charge on any atom is 0.289 e. The quantitative estimate of drug-likeness (QED) is 0.110. The normalized spacial score (nSPS) is 21.8. The van der Waals surface area contributed by atoms with Crippen LogP contribution in [0.3, 0.4) is 0 Å². The standard InChI is InChI=1S/C40H38F8N6O2/c1-39(2,56)11-9-23-7-8-24(25-5-4-6-26-29(50-18-31(43)44)10-12-54(3)36(25)26)35(52-23)30(15-20-13-21(41)16-22(42)14-20)53-32(55)19-51-37-33(34(49)38(45)46)27-17-28(27)40(37,47)48/h4-8,13-14,16,27-28,30-31,33,38,49,56H,10,12,15,17-19H2,1-3H3,(H,53,55). The van der Waals surface area contributed by atoms with Gasteiger partial charge in [-0.25, -0.2) is 31.3 Å². The van der Waals surface area contributed by atoms with Crippen molar-refractivity contribution < 1.29 is 45.0 Å². The van der Waals surface area contributed by atoms with Crippen molar-refractivity contribution >= 4 is 28.7 Å². The Morgan fingerprint density at radius 3 is 2.43 bits per heavy atom. The van der Waals surface area contributed by atoms with Crippen LogP contribution >= 0.6 is 0 Å². The van der Waals surface area contributed by atoms with E-state index >= 15 is 8.78 Å². The van der Waals surface area contributed by atoms with Gasteiger partial charge < -0.3 is 20.7 Å². The first-order valence-corrected chi connectivity index (χ1v) is 17.8. The summed E-state index contributed by atoms with van der Waals surface area (Å²) in [6.07, 6.45) is -5.94. The third kappa shape index (κ3) is 8.77. The van der Waals surface area contributed by atoms with Crippen molar-refractivity contribution in [2.45, 2.75) is 63.5 Å². The fraction of sp³-hybridized carbons (Fsp3) is 0.425. The second kappa shape index (κ2) is 15.8. The minimum Gasteiger partial charge on any atom is -0.378 e. The van der Waals surface area contributed by atoms with Crippen LogP contribution in [-0.4, -0.2) is 84.2 Å². The van der Waals surface area contributed by atoms with E-state index in [4.69, 9.17) is 10.4 Å². The van der Waals surface area contributed by atoms with Crippen LogP contribution in [0.15, 0.2) is 58.5 Å². The van der Waals surface area contributed by atoms with Crippen LogP contribution in [0.25, 0.3) is 11.1 Å². The molecular weight excluding hydrogens is 748 g/mol. The molecule has 56 heavy (non-hydrogen) atoms. The van der Waals surface area contributed by atoms with E-state index in [0.29, 0.717) is 47.1 Å². The van der Waals surface area contributed by atoms with E-state index in [2.05, 4.69) is 27.1 Å². The van der Waals surface area contributed by atoms with Crippen LogP contribution in [0, 0.1) is 46.6 Å². The van der Waals surface area contributed by atoms with Gasteiger partial charge in [0.05, 0.1) is 28.8 Å². The van der Waals surface area contributed by atoms with Crippen molar-refractivity contribution in [3.8, 4) is 23.0 Å². The highest BCUT2D eigenvalue weighted by Gasteiger charge is 2.70. The van der Waals surface area contributed by atoms with Crippen LogP contribution in [0.5, 0.6) is 0 Å². The number of hydrogen-bond donors (Lipinski definition) is 3. The van der Waals surface area contributed by atoms with Gasteiger partial charge in [-0.15, -0.1) is 0 Å². The lowest BCUT2D eigenvalue weighted by atomic mass is 9.89. The number of fused-ring (bicyclic) bond motifs is 2. The van der Waals surface area contributed by atoms with Gasteiger partial charge in [-0.1, -0.05) is 24.1 Å². The molecule has 4 atom stereocenters. The van der Waals surface area contributed by atoms with E-state index in [1.54, 1.807) is 37.4 Å². The first-order valence-electron chi connectivity index (χ1n) is 17.8. The molecule has 0 saturated heterocycles. The second-order valence-electron chi connectivity index (χ2n) is 14.7. The maximum absolute atomic E-state index is 15.2. The number of aliphatic hydroxyl groups is 1. The first kappa shape index (κ1) is 40.5. The van der Waals surface area contributed by atoms with Gasteiger partial charge in [0, 0.05) is 60.3 Å². The lowest BCUT2D eigenvalue weighted by Gasteiger charge is -2.32. The highest BCUT2D eigenvalue weighted by Crippen LogP contribution is 2.62. The summed E-state index contributed by atoms with van der Waals surface area (Å²) in [6.45, 7) is 1.64. The molecular formula is C40H38F8N6O2. The Morgan fingerprint density at radius 2 is 1.77 bits per heavy atom. The topological polar surface area (TPSA) is 114 Å². The molecule has 16 heteroatoms. The van der Waals surface area contributed by atoms with Crippen molar-refractivity contribution in [2.75, 3.05) is 31.6 Å². The van der Waals surface area contributed by atoms with Crippen LogP contribution in [0.4, 0.5) is 40.8 Å². The number of hydrogen-bond acceptors (Lipinski definition) is 7. The van der Waals surface area contributed by atoms with Crippen LogP contribution in [-0.2, 0) is 11.2 Å². The van der Waals surface area contributed by atoms with E-state index in [1.165, 1.54) is 13.8 Å². The molecule has 1 amide bonds. The van der Waals surface area contributed by atoms with Gasteiger partial charge in [-0.3, -0.25) is 14.8 Å². The minimum absolute atomic E-state index is 0.0522.